The van der Waals surface area contributed by atoms with E-state index < -0.39 is 0 Å². The first-order valence-corrected chi connectivity index (χ1v) is 8.22. The molecule has 0 saturated heterocycles. The van der Waals surface area contributed by atoms with Crippen LogP contribution in [0.2, 0.25) is 0 Å². The largest absolute Gasteiger partial charge is 0.480 e. The lowest BCUT2D eigenvalue weighted by atomic mass is 10.0. The van der Waals surface area contributed by atoms with Gasteiger partial charge in [0.25, 0.3) is 0 Å². The molecule has 5 nitrogen and oxygen atoms in total. The number of nitrogens with two attached hydrogens (primary N) is 1. The summed E-state index contributed by atoms with van der Waals surface area (Å²) >= 11 is 1.75. The third-order valence-electron chi connectivity index (χ3n) is 3.52. The number of ether oxygens (including phenoxy) is 1. The minimum Gasteiger partial charge on any atom is -0.480 e. The maximum atomic E-state index is 5.97. The molecule has 1 aliphatic heterocycles. The van der Waals surface area contributed by atoms with Crippen molar-refractivity contribution in [2.24, 2.45) is 5.73 Å². The van der Waals surface area contributed by atoms with Crippen molar-refractivity contribution in [1.82, 2.24) is 10.1 Å². The number of fused-ring (bicyclic) bond motifs is 1. The molecule has 2 N–H and O–H groups in total. The molecule has 0 aliphatic carbocycles. The van der Waals surface area contributed by atoms with Gasteiger partial charge in [-0.3, -0.25) is 0 Å². The van der Waals surface area contributed by atoms with Gasteiger partial charge in [-0.1, -0.05) is 30.6 Å². The number of para-hydroxylation sites is 1. The summed E-state index contributed by atoms with van der Waals surface area (Å²) in [6, 6.07) is 8.01. The Morgan fingerprint density at radius 1 is 1.43 bits per heavy atom. The summed E-state index contributed by atoms with van der Waals surface area (Å²) < 4.78 is 11.3. The Bertz CT molecular complexity index is 602. The predicted molar refractivity (Wildman–Crippen MR) is 81.5 cm³/mol. The molecule has 2 unspecified atom stereocenters. The van der Waals surface area contributed by atoms with Crippen LogP contribution in [0.25, 0.3) is 0 Å². The number of nitrogens with zero attached hydrogens (tertiary/aromatic N) is 2. The Labute approximate surface area is 128 Å². The highest BCUT2D eigenvalue weighted by atomic mass is 32.2. The van der Waals surface area contributed by atoms with Crippen LogP contribution < -0.4 is 10.5 Å². The lowest BCUT2D eigenvalue weighted by Crippen LogP contribution is -2.17. The van der Waals surface area contributed by atoms with Crippen molar-refractivity contribution in [2.45, 2.75) is 36.7 Å². The van der Waals surface area contributed by atoms with E-state index in [9.17, 15) is 0 Å². The molecule has 6 heteroatoms. The lowest BCUT2D eigenvalue weighted by Gasteiger charge is -2.22. The normalized spacial score (nSPS) is 18.9. The van der Waals surface area contributed by atoms with Crippen molar-refractivity contribution in [1.29, 1.82) is 0 Å². The fraction of sp³-hybridized carbons (Fsp3) is 0.467. The van der Waals surface area contributed by atoms with Crippen LogP contribution in [-0.4, -0.2) is 22.4 Å². The van der Waals surface area contributed by atoms with E-state index in [-0.39, 0.29) is 12.0 Å². The van der Waals surface area contributed by atoms with Crippen LogP contribution in [0.5, 0.6) is 5.75 Å². The first-order chi connectivity index (χ1) is 10.3. The highest BCUT2D eigenvalue weighted by Gasteiger charge is 2.27. The molecule has 112 valence electrons. The average molecular weight is 305 g/mol. The second kappa shape index (κ2) is 6.49. The summed E-state index contributed by atoms with van der Waals surface area (Å²) in [6.07, 6.45) is 1.84. The summed E-state index contributed by atoms with van der Waals surface area (Å²) in [7, 11) is 0. The number of benzene rings is 1. The van der Waals surface area contributed by atoms with Crippen LogP contribution in [0.1, 0.15) is 43.5 Å². The number of thioether (sulfide) groups is 1. The van der Waals surface area contributed by atoms with Crippen LogP contribution in [-0.2, 0) is 0 Å². The first-order valence-electron chi connectivity index (χ1n) is 7.23. The quantitative estimate of drug-likeness (QED) is 0.914. The summed E-state index contributed by atoms with van der Waals surface area (Å²) in [5.74, 6) is 3.05. The van der Waals surface area contributed by atoms with E-state index in [4.69, 9.17) is 15.0 Å². The number of aromatic nitrogens is 2. The minimum atomic E-state index is -0.164. The number of rotatable bonds is 5. The van der Waals surface area contributed by atoms with Gasteiger partial charge >= 0.3 is 0 Å². The SMILES string of the molecule is CCCC(CN)c1nc(C2CSc3ccccc3O2)no1. The smallest absolute Gasteiger partial charge is 0.231 e. The summed E-state index contributed by atoms with van der Waals surface area (Å²) in [5.41, 5.74) is 5.78. The van der Waals surface area contributed by atoms with Gasteiger partial charge in [-0.15, -0.1) is 11.8 Å². The molecule has 0 amide bonds. The van der Waals surface area contributed by atoms with Gasteiger partial charge in [0.15, 0.2) is 6.10 Å². The van der Waals surface area contributed by atoms with Crippen molar-refractivity contribution in [3.05, 3.63) is 36.0 Å². The molecule has 0 spiro atoms. The average Bonchev–Trinajstić information content (AvgIpc) is 3.02. The Morgan fingerprint density at radius 2 is 2.29 bits per heavy atom. The third kappa shape index (κ3) is 3.06. The van der Waals surface area contributed by atoms with Crippen LogP contribution in [0.15, 0.2) is 33.7 Å². The fourth-order valence-corrected chi connectivity index (χ4v) is 3.36. The molecular weight excluding hydrogens is 286 g/mol. The summed E-state index contributed by atoms with van der Waals surface area (Å²) in [5, 5.41) is 4.08. The summed E-state index contributed by atoms with van der Waals surface area (Å²) in [4.78, 5) is 5.66. The molecule has 0 saturated carbocycles. The number of hydrogen-bond donors (Lipinski definition) is 1. The molecule has 0 radical (unpaired) electrons. The van der Waals surface area contributed by atoms with Gasteiger partial charge in [0, 0.05) is 17.2 Å². The van der Waals surface area contributed by atoms with Crippen molar-refractivity contribution in [3.63, 3.8) is 0 Å². The standard InChI is InChI=1S/C15H19N3O2S/c1-2-5-10(8-16)15-17-14(18-20-15)12-9-21-13-7-4-3-6-11(13)19-12/h3-4,6-7,10,12H,2,5,8-9,16H2,1H3. The highest BCUT2D eigenvalue weighted by molar-refractivity contribution is 7.99. The van der Waals surface area contributed by atoms with Crippen molar-refractivity contribution < 1.29 is 9.26 Å². The van der Waals surface area contributed by atoms with E-state index in [1.165, 1.54) is 0 Å². The van der Waals surface area contributed by atoms with Crippen molar-refractivity contribution in [2.75, 3.05) is 12.3 Å². The van der Waals surface area contributed by atoms with Crippen LogP contribution in [0, 0.1) is 0 Å². The van der Waals surface area contributed by atoms with E-state index in [1.54, 1.807) is 11.8 Å². The summed E-state index contributed by atoms with van der Waals surface area (Å²) in [6.45, 7) is 2.65. The predicted octanol–water partition coefficient (Wildman–Crippen LogP) is 3.14. The zero-order valence-electron chi connectivity index (χ0n) is 12.0. The van der Waals surface area contributed by atoms with Gasteiger partial charge in [-0.25, -0.2) is 0 Å². The van der Waals surface area contributed by atoms with Crippen LogP contribution in [0.3, 0.4) is 0 Å². The van der Waals surface area contributed by atoms with Gasteiger partial charge in [-0.2, -0.15) is 4.98 Å². The highest BCUT2D eigenvalue weighted by Crippen LogP contribution is 2.39. The van der Waals surface area contributed by atoms with Gasteiger partial charge in [0.1, 0.15) is 5.75 Å². The van der Waals surface area contributed by atoms with E-state index in [1.807, 2.05) is 18.2 Å². The van der Waals surface area contributed by atoms with E-state index in [2.05, 4.69) is 23.1 Å². The monoisotopic (exact) mass is 305 g/mol. The Kier molecular flexibility index (Phi) is 4.45. The Hall–Kier alpha value is -1.53. The molecule has 1 aromatic carbocycles. The molecule has 1 aromatic heterocycles. The molecule has 0 bridgehead atoms. The molecule has 2 aromatic rings. The molecule has 21 heavy (non-hydrogen) atoms. The Balaban J connectivity index is 1.75. The van der Waals surface area contributed by atoms with Crippen molar-refractivity contribution >= 4 is 11.8 Å². The maximum Gasteiger partial charge on any atom is 0.231 e. The molecule has 2 heterocycles. The van der Waals surface area contributed by atoms with Gasteiger partial charge < -0.3 is 15.0 Å². The molecular formula is C15H19N3O2S. The van der Waals surface area contributed by atoms with E-state index in [0.29, 0.717) is 18.3 Å². The topological polar surface area (TPSA) is 74.2 Å². The second-order valence-electron chi connectivity index (χ2n) is 5.08. The lowest BCUT2D eigenvalue weighted by molar-refractivity contribution is 0.205. The van der Waals surface area contributed by atoms with E-state index in [0.717, 1.165) is 29.2 Å². The molecule has 1 aliphatic rings. The number of hydrogen-bond acceptors (Lipinski definition) is 6. The van der Waals surface area contributed by atoms with Crippen LogP contribution >= 0.6 is 11.8 Å². The maximum absolute atomic E-state index is 5.97. The first kappa shape index (κ1) is 14.4. The minimum absolute atomic E-state index is 0.139. The van der Waals surface area contributed by atoms with Gasteiger partial charge in [0.05, 0.1) is 5.92 Å². The van der Waals surface area contributed by atoms with Crippen molar-refractivity contribution in [3.8, 4) is 5.75 Å². The molecule has 3 rings (SSSR count). The zero-order chi connectivity index (χ0) is 14.7. The van der Waals surface area contributed by atoms with Gasteiger partial charge in [0.2, 0.25) is 11.7 Å². The Morgan fingerprint density at radius 3 is 3.10 bits per heavy atom. The third-order valence-corrected chi connectivity index (χ3v) is 4.64. The molecule has 0 fully saturated rings. The second-order valence-corrected chi connectivity index (χ2v) is 6.14. The van der Waals surface area contributed by atoms with E-state index >= 15 is 0 Å². The van der Waals surface area contributed by atoms with Gasteiger partial charge in [-0.05, 0) is 18.6 Å². The molecule has 2 atom stereocenters. The zero-order valence-corrected chi connectivity index (χ0v) is 12.8. The fourth-order valence-electron chi connectivity index (χ4n) is 2.38. The van der Waals surface area contributed by atoms with Crippen LogP contribution in [0.4, 0.5) is 0 Å².